The number of alkyl halides is 2. The molecule has 2 fully saturated rings. The maximum Gasteiger partial charge on any atom is 0.276 e. The average molecular weight is 477 g/mol. The number of aliphatic imine (C=N–C) groups is 1. The Hall–Kier alpha value is -2.66. The molecule has 1 unspecified atom stereocenters. The van der Waals surface area contributed by atoms with Crippen LogP contribution in [0.25, 0.3) is 11.0 Å². The second kappa shape index (κ2) is 7.42. The molecule has 1 N–H and O–H groups in total. The quantitative estimate of drug-likeness (QED) is 0.680. The third-order valence-electron chi connectivity index (χ3n) is 7.50. The van der Waals surface area contributed by atoms with E-state index < -0.39 is 36.0 Å². The zero-order valence-corrected chi connectivity index (χ0v) is 19.0. The maximum absolute atomic E-state index is 16.0. The van der Waals surface area contributed by atoms with Crippen molar-refractivity contribution < 1.29 is 27.2 Å². The van der Waals surface area contributed by atoms with Crippen molar-refractivity contribution in [3.63, 3.8) is 0 Å². The number of halogens is 3. The van der Waals surface area contributed by atoms with Gasteiger partial charge in [0.1, 0.15) is 0 Å². The lowest BCUT2D eigenvalue weighted by atomic mass is 9.68. The van der Waals surface area contributed by atoms with Crippen LogP contribution in [0.1, 0.15) is 36.3 Å². The van der Waals surface area contributed by atoms with Crippen LogP contribution < -0.4 is 10.2 Å². The van der Waals surface area contributed by atoms with Crippen LogP contribution in [0, 0.1) is 11.2 Å². The smallest absolute Gasteiger partial charge is 0.276 e. The monoisotopic (exact) mass is 477 g/mol. The second-order valence-electron chi connectivity index (χ2n) is 9.99. The summed E-state index contributed by atoms with van der Waals surface area (Å²) in [6, 6.07) is 1.59. The molecule has 0 saturated carbocycles. The van der Waals surface area contributed by atoms with Gasteiger partial charge in [-0.25, -0.2) is 13.2 Å². The molecule has 4 aliphatic heterocycles. The van der Waals surface area contributed by atoms with E-state index in [1.807, 2.05) is 25.0 Å². The Kier molecular flexibility index (Phi) is 4.77. The topological polar surface area (TPSA) is 83.2 Å². The van der Waals surface area contributed by atoms with Gasteiger partial charge in [0.25, 0.3) is 11.8 Å². The first-order chi connectivity index (χ1) is 16.2. The third-order valence-corrected chi connectivity index (χ3v) is 7.50. The third kappa shape index (κ3) is 3.16. The van der Waals surface area contributed by atoms with Crippen LogP contribution >= 0.6 is 0 Å². The first-order valence-electron chi connectivity index (χ1n) is 11.6. The average Bonchev–Trinajstić information content (AvgIpc) is 3.36. The lowest BCUT2D eigenvalue weighted by molar-refractivity contribution is -0.0522. The van der Waals surface area contributed by atoms with Crippen molar-refractivity contribution in [2.75, 3.05) is 37.7 Å². The fourth-order valence-electron chi connectivity index (χ4n) is 6.25. The molecule has 4 aliphatic rings. The number of rotatable bonds is 1. The van der Waals surface area contributed by atoms with Crippen LogP contribution in [0.15, 0.2) is 15.6 Å². The molecule has 182 valence electrons. The van der Waals surface area contributed by atoms with Crippen molar-refractivity contribution in [2.24, 2.45) is 10.4 Å². The molecular weight excluding hydrogens is 451 g/mol. The maximum atomic E-state index is 16.0. The van der Waals surface area contributed by atoms with Gasteiger partial charge < -0.3 is 19.1 Å². The van der Waals surface area contributed by atoms with Gasteiger partial charge in [-0.1, -0.05) is 5.16 Å². The van der Waals surface area contributed by atoms with E-state index in [-0.39, 0.29) is 41.5 Å². The normalized spacial score (nSPS) is 32.3. The number of ether oxygens (including phenoxy) is 1. The number of anilines is 1. The molecule has 1 amide bonds. The van der Waals surface area contributed by atoms with Gasteiger partial charge >= 0.3 is 0 Å². The van der Waals surface area contributed by atoms with Gasteiger partial charge in [0, 0.05) is 37.7 Å². The Labute approximate surface area is 194 Å². The van der Waals surface area contributed by atoms with Crippen LogP contribution in [0.4, 0.5) is 18.9 Å². The number of nitrogens with zero attached hydrogens (tertiary/aromatic N) is 4. The first-order valence-corrected chi connectivity index (χ1v) is 11.6. The van der Waals surface area contributed by atoms with Crippen LogP contribution in [0.5, 0.6) is 0 Å². The predicted octanol–water partition coefficient (Wildman–Crippen LogP) is 2.60. The van der Waals surface area contributed by atoms with Crippen molar-refractivity contribution in [1.82, 2.24) is 15.4 Å². The summed E-state index contributed by atoms with van der Waals surface area (Å²) in [6.45, 7) is 4.85. The molecule has 34 heavy (non-hydrogen) atoms. The largest absolute Gasteiger partial charge is 0.372 e. The molecule has 1 spiro atoms. The van der Waals surface area contributed by atoms with Gasteiger partial charge in [-0.05, 0) is 31.9 Å². The minimum atomic E-state index is -2.93. The molecule has 0 radical (unpaired) electrons. The van der Waals surface area contributed by atoms with Crippen molar-refractivity contribution in [1.29, 1.82) is 0 Å². The Morgan fingerprint density at radius 2 is 2.15 bits per heavy atom. The fraction of sp³-hybridized carbons (Fsp3) is 0.609. The van der Waals surface area contributed by atoms with Crippen LogP contribution in [-0.2, 0) is 11.2 Å². The van der Waals surface area contributed by atoms with Crippen LogP contribution in [0.3, 0.4) is 0 Å². The second-order valence-corrected chi connectivity index (χ2v) is 9.99. The van der Waals surface area contributed by atoms with Crippen molar-refractivity contribution in [2.45, 2.75) is 50.9 Å². The highest BCUT2D eigenvalue weighted by Crippen LogP contribution is 2.48. The summed E-state index contributed by atoms with van der Waals surface area (Å²) in [5, 5.41) is 7.36. The van der Waals surface area contributed by atoms with E-state index >= 15 is 4.39 Å². The summed E-state index contributed by atoms with van der Waals surface area (Å²) in [4.78, 5) is 20.6. The van der Waals surface area contributed by atoms with Crippen molar-refractivity contribution in [3.05, 3.63) is 23.1 Å². The minimum absolute atomic E-state index is 0.0793. The summed E-state index contributed by atoms with van der Waals surface area (Å²) in [6.07, 6.45) is 1.76. The molecule has 0 aliphatic carbocycles. The fourth-order valence-corrected chi connectivity index (χ4v) is 6.25. The molecule has 2 aromatic rings. The van der Waals surface area contributed by atoms with Gasteiger partial charge in [-0.3, -0.25) is 15.1 Å². The Morgan fingerprint density at radius 1 is 1.32 bits per heavy atom. The Morgan fingerprint density at radius 3 is 2.85 bits per heavy atom. The zero-order chi connectivity index (χ0) is 23.8. The molecule has 1 aromatic heterocycles. The molecule has 2 saturated heterocycles. The minimum Gasteiger partial charge on any atom is -0.372 e. The molecular formula is C23H26F3N5O3. The summed E-state index contributed by atoms with van der Waals surface area (Å²) < 4.78 is 54.8. The number of morpholine rings is 1. The number of nitrogens with one attached hydrogen (secondary N) is 1. The SMILES string of the molecule is C[C@@H]1CN2c3c(cc4c(C(=O)N5CCC(F)(F)C5)noc4c3F)CC3(C=NCNC3)[C@H]2[C@H](C)O1. The molecule has 1 aromatic carbocycles. The Balaban J connectivity index is 1.48. The van der Waals surface area contributed by atoms with Gasteiger partial charge in [0.2, 0.25) is 5.58 Å². The molecule has 4 atom stereocenters. The number of hydrogen-bond donors (Lipinski definition) is 1. The van der Waals surface area contributed by atoms with Crippen molar-refractivity contribution in [3.8, 4) is 0 Å². The Bertz CT molecular complexity index is 1200. The van der Waals surface area contributed by atoms with E-state index in [4.69, 9.17) is 9.26 Å². The van der Waals surface area contributed by atoms with E-state index in [1.54, 1.807) is 6.07 Å². The molecule has 5 heterocycles. The van der Waals surface area contributed by atoms with Gasteiger partial charge in [0.05, 0.1) is 42.5 Å². The zero-order valence-electron chi connectivity index (χ0n) is 19.0. The van der Waals surface area contributed by atoms with Crippen LogP contribution in [-0.4, -0.2) is 79.2 Å². The van der Waals surface area contributed by atoms with E-state index in [9.17, 15) is 13.6 Å². The molecule has 0 bridgehead atoms. The van der Waals surface area contributed by atoms with Crippen molar-refractivity contribution >= 4 is 28.8 Å². The number of aromatic nitrogens is 1. The van der Waals surface area contributed by atoms with E-state index in [0.29, 0.717) is 37.4 Å². The lowest BCUT2D eigenvalue weighted by Crippen LogP contribution is -2.67. The predicted molar refractivity (Wildman–Crippen MR) is 118 cm³/mol. The number of likely N-dealkylation sites (tertiary alicyclic amines) is 1. The summed E-state index contributed by atoms with van der Waals surface area (Å²) >= 11 is 0. The van der Waals surface area contributed by atoms with E-state index in [1.165, 1.54) is 0 Å². The highest BCUT2D eigenvalue weighted by Gasteiger charge is 2.53. The number of carbonyl (C=O) groups excluding carboxylic acids is 1. The number of hydrogen-bond acceptors (Lipinski definition) is 7. The van der Waals surface area contributed by atoms with Gasteiger partial charge in [-0.15, -0.1) is 0 Å². The summed E-state index contributed by atoms with van der Waals surface area (Å²) in [7, 11) is 0. The molecule has 6 rings (SSSR count). The summed E-state index contributed by atoms with van der Waals surface area (Å²) in [5.41, 5.74) is 0.437. The number of carbonyl (C=O) groups is 1. The van der Waals surface area contributed by atoms with Gasteiger partial charge in [0.15, 0.2) is 11.5 Å². The molecule has 8 nitrogen and oxygen atoms in total. The van der Waals surface area contributed by atoms with Crippen LogP contribution in [0.2, 0.25) is 0 Å². The lowest BCUT2D eigenvalue weighted by Gasteiger charge is -2.56. The standard InChI is InChI=1S/C23H26F3N5O3/c1-12-7-31-18-14(6-22(8-27-11-28-9-22)20(31)13(2)33-12)5-15-17(29-34-19(15)16(18)24)21(32)30-4-3-23(25,26)10-30/h5,8,12-13,20,28H,3-4,6-7,9-11H2,1-2H3/t12-,13+,20-,22?/m1/s1. The van der Waals surface area contributed by atoms with Gasteiger partial charge in [-0.2, -0.15) is 0 Å². The number of amides is 1. The number of fused-ring (bicyclic) bond motifs is 5. The highest BCUT2D eigenvalue weighted by molar-refractivity contribution is 6.05. The first kappa shape index (κ1) is 21.8. The number of benzene rings is 1. The van der Waals surface area contributed by atoms with E-state index in [2.05, 4.69) is 15.5 Å². The summed E-state index contributed by atoms with van der Waals surface area (Å²) in [5.74, 6) is -4.20. The van der Waals surface area contributed by atoms with E-state index in [0.717, 1.165) is 4.90 Å². The highest BCUT2D eigenvalue weighted by atomic mass is 19.3. The molecule has 11 heteroatoms.